The molecule has 1 amide bonds. The van der Waals surface area contributed by atoms with E-state index in [-0.39, 0.29) is 18.1 Å². The van der Waals surface area contributed by atoms with E-state index in [0.29, 0.717) is 32.1 Å². The van der Waals surface area contributed by atoms with Crippen LogP contribution in [0, 0.1) is 0 Å². The van der Waals surface area contributed by atoms with E-state index in [1.54, 1.807) is 7.11 Å². The molecule has 0 aliphatic carbocycles. The molecule has 1 aromatic carbocycles. The first-order valence-electron chi connectivity index (χ1n) is 7.94. The lowest BCUT2D eigenvalue weighted by Gasteiger charge is -2.26. The molecule has 1 saturated heterocycles. The number of rotatable bonds is 8. The molecule has 1 heterocycles. The fraction of sp³-hybridized carbons (Fsp3) is 0.588. The number of amides is 1. The van der Waals surface area contributed by atoms with Crippen molar-refractivity contribution in [3.05, 3.63) is 29.8 Å². The Kier molecular flexibility index (Phi) is 6.31. The molecule has 4 nitrogen and oxygen atoms in total. The van der Waals surface area contributed by atoms with Gasteiger partial charge in [-0.1, -0.05) is 18.5 Å². The highest BCUT2D eigenvalue weighted by molar-refractivity contribution is 6.08. The Morgan fingerprint density at radius 2 is 2.27 bits per heavy atom. The van der Waals surface area contributed by atoms with E-state index >= 15 is 0 Å². The highest BCUT2D eigenvalue weighted by Gasteiger charge is 2.30. The normalized spacial score (nSPS) is 19.5. The van der Waals surface area contributed by atoms with Crippen molar-refractivity contribution < 1.29 is 14.6 Å². The molecular weight excluding hydrogens is 277 g/mol. The standard InChI is InChI=1S/C17H24BNO3/c1-22-16-4-2-3-13(11-16)12-19-14(6-8-17(19)21)5-7-15(20)9-10-18/h2-4,11,14-15,20H,5-10,12H2,1H3. The predicted octanol–water partition coefficient (Wildman–Crippen LogP) is 2.30. The molecule has 22 heavy (non-hydrogen) atoms. The van der Waals surface area contributed by atoms with Gasteiger partial charge >= 0.3 is 0 Å². The number of carbonyl (C=O) groups excluding carboxylic acids is 1. The van der Waals surface area contributed by atoms with Crippen LogP contribution in [0.15, 0.2) is 24.3 Å². The highest BCUT2D eigenvalue weighted by atomic mass is 16.5. The lowest BCUT2D eigenvalue weighted by atomic mass is 9.95. The number of carbonyl (C=O) groups is 1. The molecule has 5 heteroatoms. The summed E-state index contributed by atoms with van der Waals surface area (Å²) in [6.07, 6.45) is 3.76. The third kappa shape index (κ3) is 4.50. The summed E-state index contributed by atoms with van der Waals surface area (Å²) in [5.74, 6) is 1.00. The Morgan fingerprint density at radius 1 is 1.45 bits per heavy atom. The number of ether oxygens (including phenoxy) is 1. The quantitative estimate of drug-likeness (QED) is 0.750. The molecule has 0 saturated carbocycles. The lowest BCUT2D eigenvalue weighted by molar-refractivity contribution is -0.129. The van der Waals surface area contributed by atoms with Crippen molar-refractivity contribution in [1.29, 1.82) is 0 Å². The minimum atomic E-state index is -0.362. The Morgan fingerprint density at radius 3 is 3.00 bits per heavy atom. The summed E-state index contributed by atoms with van der Waals surface area (Å²) >= 11 is 0. The minimum absolute atomic E-state index is 0.195. The molecular formula is C17H24BNO3. The van der Waals surface area contributed by atoms with Crippen LogP contribution in [0.5, 0.6) is 5.75 Å². The first kappa shape index (κ1) is 16.9. The van der Waals surface area contributed by atoms with Gasteiger partial charge in [0, 0.05) is 19.0 Å². The van der Waals surface area contributed by atoms with Crippen molar-refractivity contribution in [2.45, 2.75) is 57.1 Å². The third-order valence-electron chi connectivity index (χ3n) is 4.27. The van der Waals surface area contributed by atoms with Crippen molar-refractivity contribution in [1.82, 2.24) is 4.90 Å². The molecule has 2 radical (unpaired) electrons. The van der Waals surface area contributed by atoms with Crippen LogP contribution in [-0.4, -0.2) is 43.0 Å². The SMILES string of the molecule is [B]CCC(O)CCC1CCC(=O)N1Cc1cccc(OC)c1. The van der Waals surface area contributed by atoms with Gasteiger partial charge in [0.25, 0.3) is 0 Å². The Balaban J connectivity index is 1.95. The number of likely N-dealkylation sites (tertiary alicyclic amines) is 1. The van der Waals surface area contributed by atoms with Crippen molar-refractivity contribution in [2.24, 2.45) is 0 Å². The topological polar surface area (TPSA) is 49.8 Å². The van der Waals surface area contributed by atoms with Gasteiger partial charge in [-0.25, -0.2) is 0 Å². The molecule has 2 atom stereocenters. The molecule has 2 rings (SSSR count). The number of hydrogen-bond acceptors (Lipinski definition) is 3. The molecule has 118 valence electrons. The second-order valence-corrected chi connectivity index (χ2v) is 5.87. The largest absolute Gasteiger partial charge is 0.497 e. The van der Waals surface area contributed by atoms with Crippen LogP contribution in [0.2, 0.25) is 6.32 Å². The van der Waals surface area contributed by atoms with Crippen LogP contribution in [0.4, 0.5) is 0 Å². The average Bonchev–Trinajstić information content (AvgIpc) is 2.86. The van der Waals surface area contributed by atoms with Gasteiger partial charge in [0.15, 0.2) is 0 Å². The fourth-order valence-electron chi connectivity index (χ4n) is 3.00. The third-order valence-corrected chi connectivity index (χ3v) is 4.27. The van der Waals surface area contributed by atoms with Crippen molar-refractivity contribution >= 4 is 13.8 Å². The molecule has 0 spiro atoms. The summed E-state index contributed by atoms with van der Waals surface area (Å²) in [6.45, 7) is 0.605. The van der Waals surface area contributed by atoms with Crippen LogP contribution >= 0.6 is 0 Å². The van der Waals surface area contributed by atoms with E-state index < -0.39 is 0 Å². The van der Waals surface area contributed by atoms with Gasteiger partial charge in [-0.15, -0.1) is 0 Å². The summed E-state index contributed by atoms with van der Waals surface area (Å²) < 4.78 is 5.23. The Bertz CT molecular complexity index is 495. The van der Waals surface area contributed by atoms with Crippen LogP contribution in [-0.2, 0) is 11.3 Å². The average molecular weight is 301 g/mol. The van der Waals surface area contributed by atoms with Gasteiger partial charge in [0.2, 0.25) is 5.91 Å². The van der Waals surface area contributed by atoms with E-state index in [0.717, 1.165) is 24.2 Å². The smallest absolute Gasteiger partial charge is 0.223 e. The van der Waals surface area contributed by atoms with Crippen LogP contribution in [0.25, 0.3) is 0 Å². The maximum Gasteiger partial charge on any atom is 0.223 e. The monoisotopic (exact) mass is 301 g/mol. The van der Waals surface area contributed by atoms with E-state index in [4.69, 9.17) is 12.6 Å². The number of aliphatic hydroxyl groups excluding tert-OH is 1. The summed E-state index contributed by atoms with van der Waals surface area (Å²) in [4.78, 5) is 14.1. The summed E-state index contributed by atoms with van der Waals surface area (Å²) in [7, 11) is 7.10. The van der Waals surface area contributed by atoms with Gasteiger partial charge in [-0.05, 0) is 43.4 Å². The second kappa shape index (κ2) is 8.23. The zero-order valence-corrected chi connectivity index (χ0v) is 13.2. The van der Waals surface area contributed by atoms with Gasteiger partial charge in [0.1, 0.15) is 5.75 Å². The molecule has 1 aliphatic heterocycles. The van der Waals surface area contributed by atoms with Crippen molar-refractivity contribution in [3.63, 3.8) is 0 Å². The number of nitrogens with zero attached hydrogens (tertiary/aromatic N) is 1. The molecule has 1 aliphatic rings. The van der Waals surface area contributed by atoms with Gasteiger partial charge in [0.05, 0.1) is 21.1 Å². The number of aliphatic hydroxyl groups is 1. The molecule has 0 bridgehead atoms. The highest BCUT2D eigenvalue weighted by Crippen LogP contribution is 2.26. The Hall–Kier alpha value is -1.49. The van der Waals surface area contributed by atoms with Crippen LogP contribution in [0.3, 0.4) is 0 Å². The minimum Gasteiger partial charge on any atom is -0.497 e. The number of benzene rings is 1. The second-order valence-electron chi connectivity index (χ2n) is 5.87. The molecule has 1 aromatic rings. The maximum atomic E-state index is 12.1. The lowest BCUT2D eigenvalue weighted by Crippen LogP contribution is -2.33. The molecule has 2 unspecified atom stereocenters. The van der Waals surface area contributed by atoms with E-state index in [1.165, 1.54) is 0 Å². The first-order chi connectivity index (χ1) is 10.6. The number of hydrogen-bond donors (Lipinski definition) is 1. The van der Waals surface area contributed by atoms with E-state index in [9.17, 15) is 9.90 Å². The fourth-order valence-corrected chi connectivity index (χ4v) is 3.00. The van der Waals surface area contributed by atoms with E-state index in [2.05, 4.69) is 0 Å². The van der Waals surface area contributed by atoms with Gasteiger partial charge in [-0.3, -0.25) is 4.79 Å². The zero-order valence-electron chi connectivity index (χ0n) is 13.2. The van der Waals surface area contributed by atoms with Gasteiger partial charge in [-0.2, -0.15) is 0 Å². The van der Waals surface area contributed by atoms with Crippen LogP contribution in [0.1, 0.15) is 37.7 Å². The van der Waals surface area contributed by atoms with Crippen molar-refractivity contribution in [3.8, 4) is 5.75 Å². The van der Waals surface area contributed by atoms with Crippen molar-refractivity contribution in [2.75, 3.05) is 7.11 Å². The Labute approximate surface area is 133 Å². The van der Waals surface area contributed by atoms with Gasteiger partial charge < -0.3 is 14.7 Å². The maximum absolute atomic E-state index is 12.1. The van der Waals surface area contributed by atoms with E-state index in [1.807, 2.05) is 29.2 Å². The molecule has 0 aromatic heterocycles. The molecule has 1 N–H and O–H groups in total. The predicted molar refractivity (Wildman–Crippen MR) is 87.0 cm³/mol. The summed E-state index contributed by atoms with van der Waals surface area (Å²) in [5.41, 5.74) is 1.07. The zero-order chi connectivity index (χ0) is 15.9. The summed E-state index contributed by atoms with van der Waals surface area (Å²) in [6, 6.07) is 8.02. The summed E-state index contributed by atoms with van der Waals surface area (Å²) in [5, 5.41) is 9.82. The first-order valence-corrected chi connectivity index (χ1v) is 7.94. The van der Waals surface area contributed by atoms with Crippen LogP contribution < -0.4 is 4.74 Å². The molecule has 1 fully saturated rings. The number of methoxy groups -OCH3 is 1.